The molecule has 0 fully saturated rings. The highest BCUT2D eigenvalue weighted by Gasteiger charge is 2.72. The first kappa shape index (κ1) is 16.5. The van der Waals surface area contributed by atoms with Crippen molar-refractivity contribution in [3.05, 3.63) is 48.9 Å². The molecule has 2 unspecified atom stereocenters. The van der Waals surface area contributed by atoms with Gasteiger partial charge in [-0.1, -0.05) is 42.8 Å². The van der Waals surface area contributed by atoms with Crippen LogP contribution in [0.5, 0.6) is 0 Å². The zero-order valence-electron chi connectivity index (χ0n) is 16.2. The molecule has 0 radical (unpaired) electrons. The van der Waals surface area contributed by atoms with Gasteiger partial charge in [-0.05, 0) is 31.9 Å². The molecule has 0 saturated carbocycles. The van der Waals surface area contributed by atoms with Crippen molar-refractivity contribution in [1.29, 1.82) is 0 Å². The minimum absolute atomic E-state index is 0.0764. The standard InChI is InChI=1S/C20H24BN4O2/c1-5-19(3)20(4,6-2)25-18(12-14-27-25)24-16-10-8-7-9-15(16)23(21(19)24)17-11-13-26-22-17/h7-14H,5-6H2,1-4H3/q+1. The van der Waals surface area contributed by atoms with Crippen molar-refractivity contribution in [2.45, 2.75) is 51.4 Å². The third kappa shape index (κ3) is 1.82. The van der Waals surface area contributed by atoms with Crippen molar-refractivity contribution in [2.75, 3.05) is 9.62 Å². The van der Waals surface area contributed by atoms with E-state index in [9.17, 15) is 0 Å². The molecule has 0 bridgehead atoms. The lowest BCUT2D eigenvalue weighted by molar-refractivity contribution is -0.907. The maximum Gasteiger partial charge on any atom is 0.518 e. The summed E-state index contributed by atoms with van der Waals surface area (Å²) in [6, 6.07) is 12.5. The molecule has 2 aromatic heterocycles. The zero-order chi connectivity index (χ0) is 18.8. The summed E-state index contributed by atoms with van der Waals surface area (Å²) in [7, 11) is 0. The van der Waals surface area contributed by atoms with E-state index >= 15 is 0 Å². The van der Waals surface area contributed by atoms with Crippen LogP contribution in [-0.2, 0) is 5.54 Å². The van der Waals surface area contributed by atoms with E-state index in [4.69, 9.17) is 9.05 Å². The molecule has 1 aromatic carbocycles. The van der Waals surface area contributed by atoms with Gasteiger partial charge in [0.25, 0.3) is 0 Å². The highest BCUT2D eigenvalue weighted by molar-refractivity contribution is 6.76. The summed E-state index contributed by atoms with van der Waals surface area (Å²) in [4.78, 5) is 4.72. The second-order valence-electron chi connectivity index (χ2n) is 7.92. The van der Waals surface area contributed by atoms with Crippen LogP contribution in [0, 0.1) is 0 Å². The van der Waals surface area contributed by atoms with Gasteiger partial charge in [0.2, 0.25) is 0 Å². The first-order valence-electron chi connectivity index (χ1n) is 9.65. The van der Waals surface area contributed by atoms with E-state index < -0.39 is 0 Å². The van der Waals surface area contributed by atoms with Crippen LogP contribution in [0.25, 0.3) is 0 Å². The predicted molar refractivity (Wildman–Crippen MR) is 104 cm³/mol. The van der Waals surface area contributed by atoms with Gasteiger partial charge in [-0.15, -0.1) is 0 Å². The van der Waals surface area contributed by atoms with E-state index in [1.807, 2.05) is 6.07 Å². The van der Waals surface area contributed by atoms with Gasteiger partial charge in [-0.3, -0.25) is 4.81 Å². The highest BCUT2D eigenvalue weighted by Crippen LogP contribution is 2.60. The Kier molecular flexibility index (Phi) is 3.30. The first-order chi connectivity index (χ1) is 13.1. The Morgan fingerprint density at radius 3 is 2.37 bits per heavy atom. The van der Waals surface area contributed by atoms with E-state index in [1.54, 1.807) is 12.5 Å². The topological polar surface area (TPSA) is 49.5 Å². The maximum absolute atomic E-state index is 6.03. The Morgan fingerprint density at radius 2 is 1.74 bits per heavy atom. The highest BCUT2D eigenvalue weighted by atomic mass is 16.5. The van der Waals surface area contributed by atoms with Crippen molar-refractivity contribution in [3.63, 3.8) is 0 Å². The number of aromatic nitrogens is 2. The lowest BCUT2D eigenvalue weighted by Gasteiger charge is -2.48. The van der Waals surface area contributed by atoms with Gasteiger partial charge in [-0.25, -0.2) is 0 Å². The lowest BCUT2D eigenvalue weighted by Crippen LogP contribution is -2.73. The minimum atomic E-state index is -0.175. The largest absolute Gasteiger partial charge is 0.518 e. The van der Waals surface area contributed by atoms with Crippen LogP contribution in [0.2, 0.25) is 5.31 Å². The smallest absolute Gasteiger partial charge is 0.363 e. The maximum atomic E-state index is 6.03. The molecule has 2 aliphatic heterocycles. The summed E-state index contributed by atoms with van der Waals surface area (Å²) in [6.45, 7) is 9.26. The van der Waals surface area contributed by atoms with Crippen molar-refractivity contribution < 1.29 is 13.8 Å². The number of anilines is 4. The molecule has 2 aliphatic rings. The van der Waals surface area contributed by atoms with Crippen molar-refractivity contribution in [1.82, 2.24) is 5.16 Å². The summed E-state index contributed by atoms with van der Waals surface area (Å²) in [5.41, 5.74) is 2.13. The molecule has 0 aliphatic carbocycles. The lowest BCUT2D eigenvalue weighted by atomic mass is 9.39. The van der Waals surface area contributed by atoms with Crippen molar-refractivity contribution >= 4 is 30.0 Å². The monoisotopic (exact) mass is 363 g/mol. The SMILES string of the molecule is CCC1(C)B2N(c3ccon3)c3ccccc3N2c2cco[n+]2C1(C)CC. The molecule has 5 rings (SSSR count). The molecule has 3 aromatic rings. The van der Waals surface area contributed by atoms with E-state index in [0.29, 0.717) is 0 Å². The third-order valence-electron chi connectivity index (χ3n) is 7.07. The fraction of sp³-hybridized carbons (Fsp3) is 0.400. The average Bonchev–Trinajstić information content (AvgIpc) is 3.43. The molecule has 0 spiro atoms. The number of nitrogens with zero attached hydrogens (tertiary/aromatic N) is 4. The number of hydrogen-bond acceptors (Lipinski definition) is 5. The summed E-state index contributed by atoms with van der Waals surface area (Å²) in [5, 5.41) is 4.20. The molecule has 7 heteroatoms. The fourth-order valence-corrected chi connectivity index (χ4v) is 5.09. The average molecular weight is 363 g/mol. The quantitative estimate of drug-likeness (QED) is 0.501. The molecule has 138 valence electrons. The molecular formula is C20H24BN4O2+. The van der Waals surface area contributed by atoms with Gasteiger partial charge in [0.15, 0.2) is 17.6 Å². The van der Waals surface area contributed by atoms with Crippen LogP contribution in [-0.4, -0.2) is 12.1 Å². The minimum Gasteiger partial charge on any atom is -0.363 e. The number of hydrogen-bond donors (Lipinski definition) is 0. The van der Waals surface area contributed by atoms with Crippen LogP contribution >= 0.6 is 0 Å². The summed E-state index contributed by atoms with van der Waals surface area (Å²) in [6.07, 6.45) is 5.40. The Labute approximate surface area is 159 Å². The fourth-order valence-electron chi connectivity index (χ4n) is 5.09. The second-order valence-corrected chi connectivity index (χ2v) is 7.92. The predicted octanol–water partition coefficient (Wildman–Crippen LogP) is 4.64. The van der Waals surface area contributed by atoms with E-state index in [0.717, 1.165) is 30.2 Å². The third-order valence-corrected chi connectivity index (χ3v) is 7.07. The zero-order valence-corrected chi connectivity index (χ0v) is 16.2. The molecule has 6 nitrogen and oxygen atoms in total. The normalized spacial score (nSPS) is 26.1. The number of benzene rings is 1. The van der Waals surface area contributed by atoms with Crippen LogP contribution in [0.4, 0.5) is 23.0 Å². The first-order valence-corrected chi connectivity index (χ1v) is 9.65. The van der Waals surface area contributed by atoms with Crippen molar-refractivity contribution in [2.24, 2.45) is 0 Å². The molecule has 0 saturated heterocycles. The van der Waals surface area contributed by atoms with Gasteiger partial charge >= 0.3 is 12.8 Å². The van der Waals surface area contributed by atoms with Crippen LogP contribution < -0.4 is 14.4 Å². The van der Waals surface area contributed by atoms with E-state index in [1.165, 1.54) is 5.69 Å². The van der Waals surface area contributed by atoms with Gasteiger partial charge in [0.1, 0.15) is 12.0 Å². The Balaban J connectivity index is 1.85. The molecule has 0 N–H and O–H groups in total. The summed E-state index contributed by atoms with van der Waals surface area (Å²) in [5.74, 6) is 1.92. The molecule has 27 heavy (non-hydrogen) atoms. The summed E-state index contributed by atoms with van der Waals surface area (Å²) < 4.78 is 13.4. The Bertz CT molecular complexity index is 988. The van der Waals surface area contributed by atoms with Gasteiger partial charge in [-0.2, -0.15) is 0 Å². The molecule has 0 amide bonds. The van der Waals surface area contributed by atoms with Crippen molar-refractivity contribution in [3.8, 4) is 0 Å². The number of para-hydroxylation sites is 2. The van der Waals surface area contributed by atoms with E-state index in [-0.39, 0.29) is 17.8 Å². The summed E-state index contributed by atoms with van der Waals surface area (Å²) >= 11 is 0. The van der Waals surface area contributed by atoms with Gasteiger partial charge < -0.3 is 13.9 Å². The Morgan fingerprint density at radius 1 is 1.00 bits per heavy atom. The van der Waals surface area contributed by atoms with E-state index in [2.05, 4.69) is 77.5 Å². The van der Waals surface area contributed by atoms with Gasteiger partial charge in [0.05, 0.1) is 17.1 Å². The molecular weight excluding hydrogens is 339 g/mol. The second kappa shape index (κ2) is 5.41. The Hall–Kier alpha value is -2.70. The van der Waals surface area contributed by atoms with Crippen LogP contribution in [0.15, 0.2) is 58.0 Å². The molecule has 4 heterocycles. The van der Waals surface area contributed by atoms with Gasteiger partial charge in [0, 0.05) is 6.07 Å². The number of fused-ring (bicyclic) bond motifs is 5. The molecule has 2 atom stereocenters. The van der Waals surface area contributed by atoms with Crippen LogP contribution in [0.3, 0.4) is 0 Å². The number of rotatable bonds is 3. The van der Waals surface area contributed by atoms with Crippen LogP contribution in [0.1, 0.15) is 40.5 Å².